The van der Waals surface area contributed by atoms with Crippen LogP contribution in [0.15, 0.2) is 29.4 Å². The van der Waals surface area contributed by atoms with Crippen LogP contribution in [0, 0.1) is 5.92 Å². The van der Waals surface area contributed by atoms with E-state index in [4.69, 9.17) is 10.5 Å². The molecule has 3 N–H and O–H groups in total. The van der Waals surface area contributed by atoms with E-state index in [1.54, 1.807) is 18.3 Å². The van der Waals surface area contributed by atoms with Crippen LogP contribution in [-0.4, -0.2) is 17.3 Å². The third-order valence-corrected chi connectivity index (χ3v) is 3.49. The molecule has 21 heavy (non-hydrogen) atoms. The van der Waals surface area contributed by atoms with Crippen LogP contribution in [-0.2, 0) is 4.79 Å². The number of hydrogen-bond acceptors (Lipinski definition) is 4. The first kappa shape index (κ1) is 15.4. The van der Waals surface area contributed by atoms with Crippen LogP contribution >= 0.6 is 12.2 Å². The molecule has 0 aromatic heterocycles. The van der Waals surface area contributed by atoms with E-state index in [1.807, 2.05) is 12.1 Å². The van der Waals surface area contributed by atoms with Crippen LogP contribution in [0.5, 0.6) is 5.75 Å². The molecule has 6 heteroatoms. The van der Waals surface area contributed by atoms with Gasteiger partial charge < -0.3 is 10.5 Å². The quantitative estimate of drug-likeness (QED) is 0.293. The van der Waals surface area contributed by atoms with E-state index in [0.29, 0.717) is 5.75 Å². The van der Waals surface area contributed by atoms with Gasteiger partial charge >= 0.3 is 5.97 Å². The molecule has 0 bridgehead atoms. The number of carbonyl (C=O) groups is 1. The van der Waals surface area contributed by atoms with Crippen molar-refractivity contribution in [2.45, 2.75) is 32.1 Å². The first-order valence-corrected chi connectivity index (χ1v) is 7.46. The monoisotopic (exact) mass is 305 g/mol. The second-order valence-electron chi connectivity index (χ2n) is 5.06. The molecule has 1 aromatic carbocycles. The van der Waals surface area contributed by atoms with Crippen molar-refractivity contribution in [3.05, 3.63) is 29.8 Å². The van der Waals surface area contributed by atoms with Gasteiger partial charge in [-0.2, -0.15) is 5.10 Å². The van der Waals surface area contributed by atoms with Crippen molar-refractivity contribution >= 4 is 29.5 Å². The Hall–Kier alpha value is -1.95. The van der Waals surface area contributed by atoms with E-state index in [9.17, 15) is 4.79 Å². The summed E-state index contributed by atoms with van der Waals surface area (Å²) in [5.74, 6) is 0.433. The number of hydrazone groups is 1. The van der Waals surface area contributed by atoms with Gasteiger partial charge in [-0.25, -0.2) is 0 Å². The molecule has 112 valence electrons. The number of nitrogens with one attached hydrogen (secondary N) is 1. The molecule has 1 aliphatic carbocycles. The fraction of sp³-hybridized carbons (Fsp3) is 0.400. The van der Waals surface area contributed by atoms with Crippen LogP contribution in [0.25, 0.3) is 0 Å². The molecule has 0 aliphatic heterocycles. The average Bonchev–Trinajstić information content (AvgIpc) is 2.48. The molecule has 1 aromatic rings. The van der Waals surface area contributed by atoms with Gasteiger partial charge in [-0.05, 0) is 42.8 Å². The number of rotatable bonds is 4. The molecule has 0 heterocycles. The van der Waals surface area contributed by atoms with Crippen molar-refractivity contribution in [2.24, 2.45) is 16.8 Å². The normalized spacial score (nSPS) is 15.8. The van der Waals surface area contributed by atoms with Crippen LogP contribution in [0.3, 0.4) is 0 Å². The minimum atomic E-state index is -0.134. The predicted molar refractivity (Wildman–Crippen MR) is 86.2 cm³/mol. The smallest absolute Gasteiger partial charge is 0.314 e. The summed E-state index contributed by atoms with van der Waals surface area (Å²) in [6, 6.07) is 7.18. The number of nitrogens with two attached hydrogens (primary N) is 1. The van der Waals surface area contributed by atoms with E-state index < -0.39 is 0 Å². The zero-order valence-electron chi connectivity index (χ0n) is 11.7. The summed E-state index contributed by atoms with van der Waals surface area (Å²) in [7, 11) is 0. The Morgan fingerprint density at radius 3 is 2.86 bits per heavy atom. The molecule has 1 aliphatic rings. The first-order chi connectivity index (χ1) is 10.1. The molecular formula is C15H19N3O2S. The Kier molecular flexibility index (Phi) is 5.68. The number of thiocarbonyl (C=S) groups is 1. The van der Waals surface area contributed by atoms with Crippen LogP contribution in [0.1, 0.15) is 37.7 Å². The van der Waals surface area contributed by atoms with Crippen LogP contribution in [0.2, 0.25) is 0 Å². The topological polar surface area (TPSA) is 76.7 Å². The second kappa shape index (κ2) is 7.73. The van der Waals surface area contributed by atoms with Crippen molar-refractivity contribution in [1.82, 2.24) is 5.43 Å². The zero-order chi connectivity index (χ0) is 15.1. The lowest BCUT2D eigenvalue weighted by Crippen LogP contribution is -2.24. The molecule has 1 saturated carbocycles. The van der Waals surface area contributed by atoms with Gasteiger partial charge in [0, 0.05) is 0 Å². The third kappa shape index (κ3) is 5.15. The summed E-state index contributed by atoms with van der Waals surface area (Å²) in [6.07, 6.45) is 6.85. The number of hydrogen-bond donors (Lipinski definition) is 2. The van der Waals surface area contributed by atoms with Crippen molar-refractivity contribution in [2.75, 3.05) is 0 Å². The van der Waals surface area contributed by atoms with Crippen molar-refractivity contribution in [3.63, 3.8) is 0 Å². The lowest BCUT2D eigenvalue weighted by Gasteiger charge is -2.19. The summed E-state index contributed by atoms with van der Waals surface area (Å²) in [4.78, 5) is 12.1. The van der Waals surface area contributed by atoms with Crippen molar-refractivity contribution in [3.8, 4) is 5.75 Å². The number of carbonyl (C=O) groups excluding carboxylic acids is 1. The molecule has 0 saturated heterocycles. The fourth-order valence-electron chi connectivity index (χ4n) is 2.37. The Labute approximate surface area is 129 Å². The van der Waals surface area contributed by atoms with E-state index in [-0.39, 0.29) is 17.0 Å². The summed E-state index contributed by atoms with van der Waals surface area (Å²) in [5.41, 5.74) is 8.55. The van der Waals surface area contributed by atoms with Crippen LogP contribution in [0.4, 0.5) is 0 Å². The summed E-state index contributed by atoms with van der Waals surface area (Å²) >= 11 is 4.65. The highest BCUT2D eigenvalue weighted by Crippen LogP contribution is 2.25. The number of esters is 1. The lowest BCUT2D eigenvalue weighted by molar-refractivity contribution is -0.139. The molecule has 0 spiro atoms. The number of ether oxygens (including phenoxy) is 1. The van der Waals surface area contributed by atoms with E-state index in [1.165, 1.54) is 6.42 Å². The maximum Gasteiger partial charge on any atom is 0.314 e. The van der Waals surface area contributed by atoms with Gasteiger partial charge in [-0.15, -0.1) is 0 Å². The van der Waals surface area contributed by atoms with Gasteiger partial charge in [-0.3, -0.25) is 10.2 Å². The molecule has 0 atom stereocenters. The van der Waals surface area contributed by atoms with E-state index in [0.717, 1.165) is 31.2 Å². The van der Waals surface area contributed by atoms with Crippen molar-refractivity contribution in [1.29, 1.82) is 0 Å². The average molecular weight is 305 g/mol. The van der Waals surface area contributed by atoms with Crippen LogP contribution < -0.4 is 15.9 Å². The third-order valence-electron chi connectivity index (χ3n) is 3.40. The first-order valence-electron chi connectivity index (χ1n) is 7.05. The molecule has 0 radical (unpaired) electrons. The van der Waals surface area contributed by atoms with E-state index in [2.05, 4.69) is 22.7 Å². The second-order valence-corrected chi connectivity index (χ2v) is 5.50. The minimum Gasteiger partial charge on any atom is -0.426 e. The largest absolute Gasteiger partial charge is 0.426 e. The zero-order valence-corrected chi connectivity index (χ0v) is 12.6. The summed E-state index contributed by atoms with van der Waals surface area (Å²) in [6.45, 7) is 0. The maximum atomic E-state index is 12.1. The molecule has 0 unspecified atom stereocenters. The highest BCUT2D eigenvalue weighted by molar-refractivity contribution is 7.80. The Morgan fingerprint density at radius 1 is 1.38 bits per heavy atom. The summed E-state index contributed by atoms with van der Waals surface area (Å²) in [5, 5.41) is 3.97. The minimum absolute atomic E-state index is 0.0346. The number of benzene rings is 1. The highest BCUT2D eigenvalue weighted by Gasteiger charge is 2.22. The van der Waals surface area contributed by atoms with E-state index >= 15 is 0 Å². The van der Waals surface area contributed by atoms with Gasteiger partial charge in [0.2, 0.25) is 0 Å². The molecule has 0 amide bonds. The highest BCUT2D eigenvalue weighted by atomic mass is 32.1. The Bertz CT molecular complexity index is 539. The maximum absolute atomic E-state index is 12.1. The molecule has 5 nitrogen and oxygen atoms in total. The summed E-state index contributed by atoms with van der Waals surface area (Å²) < 4.78 is 5.45. The van der Waals surface area contributed by atoms with Gasteiger partial charge in [0.05, 0.1) is 12.1 Å². The fourth-order valence-corrected chi connectivity index (χ4v) is 2.42. The van der Waals surface area contributed by atoms with Gasteiger partial charge in [0.1, 0.15) is 5.75 Å². The molecule has 2 rings (SSSR count). The lowest BCUT2D eigenvalue weighted by atomic mass is 9.89. The predicted octanol–water partition coefficient (Wildman–Crippen LogP) is 2.34. The van der Waals surface area contributed by atoms with Crippen molar-refractivity contribution < 1.29 is 9.53 Å². The van der Waals surface area contributed by atoms with Gasteiger partial charge in [0.25, 0.3) is 0 Å². The Balaban J connectivity index is 1.95. The number of nitrogens with zero attached hydrogens (tertiary/aromatic N) is 1. The molecule has 1 fully saturated rings. The molecular weight excluding hydrogens is 286 g/mol. The van der Waals surface area contributed by atoms with Gasteiger partial charge in [-0.1, -0.05) is 31.4 Å². The van der Waals surface area contributed by atoms with Gasteiger partial charge in [0.15, 0.2) is 5.11 Å². The SMILES string of the molecule is NC(=S)NN=Cc1cccc(OC(=O)C2CCCCC2)c1. The standard InChI is InChI=1S/C15H19N3O2S/c16-15(21)18-17-10-11-5-4-8-13(9-11)20-14(19)12-6-2-1-3-7-12/h4-5,8-10,12H,1-3,6-7H2,(H3,16,18,21). The Morgan fingerprint density at radius 2 is 2.14 bits per heavy atom.